The van der Waals surface area contributed by atoms with Gasteiger partial charge in [0.2, 0.25) is 5.79 Å². The number of pyridine rings is 1. The number of anilines is 1. The normalized spacial score (nSPS) is 14.6. The Labute approximate surface area is 196 Å². The summed E-state index contributed by atoms with van der Waals surface area (Å²) in [6.45, 7) is 9.85. The number of fused-ring (bicyclic) bond motifs is 2. The summed E-state index contributed by atoms with van der Waals surface area (Å²) >= 11 is 5.25. The minimum Gasteiger partial charge on any atom is -0.449 e. The van der Waals surface area contributed by atoms with Crippen LogP contribution < -0.4 is 20.5 Å². The summed E-state index contributed by atoms with van der Waals surface area (Å²) < 4.78 is 14.9. The van der Waals surface area contributed by atoms with E-state index in [9.17, 15) is 0 Å². The van der Waals surface area contributed by atoms with Crippen molar-refractivity contribution >= 4 is 44.5 Å². The van der Waals surface area contributed by atoms with Crippen molar-refractivity contribution in [2.45, 2.75) is 69.0 Å². The van der Waals surface area contributed by atoms with Gasteiger partial charge >= 0.3 is 0 Å². The Kier molecular flexibility index (Phi) is 6.37. The number of nitrogens with zero attached hydrogens (tertiary/aromatic N) is 3. The molecule has 1 aliphatic rings. The zero-order valence-corrected chi connectivity index (χ0v) is 20.6. The fourth-order valence-corrected chi connectivity index (χ4v) is 5.23. The highest BCUT2D eigenvalue weighted by molar-refractivity contribution is 9.10. The molecule has 1 aromatic carbocycles. The molecule has 0 amide bonds. The number of nitrogens with two attached hydrogens (primary N) is 1. The number of rotatable bonds is 8. The number of ether oxygens (including phenoxy) is 2. The van der Waals surface area contributed by atoms with Crippen molar-refractivity contribution in [3.8, 4) is 11.5 Å². The van der Waals surface area contributed by atoms with Crippen LogP contribution in [0.3, 0.4) is 0 Å². The Balaban J connectivity index is 0.00000289. The third kappa shape index (κ3) is 4.63. The van der Waals surface area contributed by atoms with E-state index in [0.717, 1.165) is 63.0 Å². The smallest absolute Gasteiger partial charge is 0.246 e. The van der Waals surface area contributed by atoms with E-state index in [1.165, 1.54) is 0 Å². The van der Waals surface area contributed by atoms with Gasteiger partial charge in [-0.15, -0.1) is 0 Å². The van der Waals surface area contributed by atoms with Crippen molar-refractivity contribution in [3.63, 3.8) is 0 Å². The molecule has 0 bridgehead atoms. The Morgan fingerprint density at radius 3 is 2.68 bits per heavy atom. The van der Waals surface area contributed by atoms with E-state index in [1.807, 2.05) is 32.0 Å². The van der Waals surface area contributed by atoms with Gasteiger partial charge in [-0.2, -0.15) is 0 Å². The first kappa shape index (κ1) is 22.2. The minimum absolute atomic E-state index is 0. The summed E-state index contributed by atoms with van der Waals surface area (Å²) in [6, 6.07) is 6.43. The molecule has 0 unspecified atom stereocenters. The van der Waals surface area contributed by atoms with Crippen LogP contribution in [-0.2, 0) is 6.54 Å². The van der Waals surface area contributed by atoms with Crippen LogP contribution in [0.1, 0.15) is 42.0 Å². The molecule has 168 valence electrons. The monoisotopic (exact) mass is 507 g/mol. The SMILES string of the molecule is CCC(CC)NCCn1c(Sc2cc3c(cc2Br)OC(C)(C)O3)nc2c(N)nccc21.[HH]. The molecule has 4 rings (SSSR count). The Morgan fingerprint density at radius 2 is 1.97 bits per heavy atom. The van der Waals surface area contributed by atoms with E-state index in [1.54, 1.807) is 18.0 Å². The molecule has 0 fully saturated rings. The maximum Gasteiger partial charge on any atom is 0.246 e. The maximum absolute atomic E-state index is 6.13. The van der Waals surface area contributed by atoms with Crippen LogP contribution in [-0.4, -0.2) is 32.9 Å². The summed E-state index contributed by atoms with van der Waals surface area (Å²) in [5, 5.41) is 4.49. The predicted molar refractivity (Wildman–Crippen MR) is 130 cm³/mol. The van der Waals surface area contributed by atoms with Gasteiger partial charge in [0.25, 0.3) is 0 Å². The molecule has 3 aromatic rings. The van der Waals surface area contributed by atoms with Crippen LogP contribution in [0, 0.1) is 0 Å². The fraction of sp³-hybridized carbons (Fsp3) is 0.455. The molecule has 0 saturated carbocycles. The molecular formula is C22H30BrN5O2S. The van der Waals surface area contributed by atoms with Gasteiger partial charge in [-0.3, -0.25) is 0 Å². The number of hydrogen-bond donors (Lipinski definition) is 2. The molecule has 1 aliphatic heterocycles. The van der Waals surface area contributed by atoms with Crippen molar-refractivity contribution in [2.24, 2.45) is 0 Å². The molecule has 0 atom stereocenters. The molecule has 0 spiro atoms. The second-order valence-corrected chi connectivity index (χ2v) is 9.88. The van der Waals surface area contributed by atoms with Crippen LogP contribution in [0.2, 0.25) is 0 Å². The number of aromatic nitrogens is 3. The number of benzene rings is 1. The second-order valence-electron chi connectivity index (χ2n) is 8.01. The number of hydrogen-bond acceptors (Lipinski definition) is 7. The van der Waals surface area contributed by atoms with E-state index in [2.05, 4.69) is 44.6 Å². The molecule has 0 aliphatic carbocycles. The summed E-state index contributed by atoms with van der Waals surface area (Å²) in [5.41, 5.74) is 7.84. The number of nitrogens with one attached hydrogen (secondary N) is 1. The lowest BCUT2D eigenvalue weighted by atomic mass is 10.2. The second kappa shape index (κ2) is 8.88. The minimum atomic E-state index is -0.668. The molecular weight excluding hydrogens is 478 g/mol. The molecule has 0 radical (unpaired) electrons. The van der Waals surface area contributed by atoms with Crippen LogP contribution in [0.15, 0.2) is 38.9 Å². The molecule has 7 nitrogen and oxygen atoms in total. The Hall–Kier alpha value is -1.97. The van der Waals surface area contributed by atoms with E-state index in [-0.39, 0.29) is 1.43 Å². The van der Waals surface area contributed by atoms with Crippen LogP contribution in [0.25, 0.3) is 11.0 Å². The quantitative estimate of drug-likeness (QED) is 0.418. The van der Waals surface area contributed by atoms with Gasteiger partial charge in [0.15, 0.2) is 22.5 Å². The molecule has 2 aromatic heterocycles. The van der Waals surface area contributed by atoms with Crippen molar-refractivity contribution < 1.29 is 10.9 Å². The van der Waals surface area contributed by atoms with Gasteiger partial charge in [-0.05, 0) is 47.0 Å². The molecule has 0 saturated heterocycles. The summed E-state index contributed by atoms with van der Waals surface area (Å²) in [7, 11) is 0. The standard InChI is InChI=1S/C22H28BrN5O2S.H2/c1-5-13(6-2)25-9-10-28-15-7-8-26-20(24)19(15)27-21(28)31-18-12-17-16(11-14(18)23)29-22(3,4)30-17;/h7-8,11-13,25H,5-6,9-10H2,1-4H3,(H2,24,26);1H. The molecule has 31 heavy (non-hydrogen) atoms. The zero-order chi connectivity index (χ0) is 22.2. The lowest BCUT2D eigenvalue weighted by Gasteiger charge is -2.16. The van der Waals surface area contributed by atoms with Crippen LogP contribution >= 0.6 is 27.7 Å². The molecule has 3 heterocycles. The molecule has 9 heteroatoms. The first-order chi connectivity index (χ1) is 14.8. The van der Waals surface area contributed by atoms with Crippen molar-refractivity contribution in [2.75, 3.05) is 12.3 Å². The summed E-state index contributed by atoms with van der Waals surface area (Å²) in [6.07, 6.45) is 3.96. The lowest BCUT2D eigenvalue weighted by molar-refractivity contribution is -0.0432. The van der Waals surface area contributed by atoms with Gasteiger partial charge in [-0.25, -0.2) is 9.97 Å². The Morgan fingerprint density at radius 1 is 1.26 bits per heavy atom. The third-order valence-corrected chi connectivity index (χ3v) is 7.30. The van der Waals surface area contributed by atoms with Gasteiger partial charge in [0.1, 0.15) is 5.52 Å². The van der Waals surface area contributed by atoms with E-state index in [0.29, 0.717) is 11.9 Å². The predicted octanol–water partition coefficient (Wildman–Crippen LogP) is 5.46. The first-order valence-electron chi connectivity index (χ1n) is 10.5. The highest BCUT2D eigenvalue weighted by atomic mass is 79.9. The van der Waals surface area contributed by atoms with Gasteiger partial charge in [0.05, 0.1) is 5.52 Å². The largest absolute Gasteiger partial charge is 0.449 e. The summed E-state index contributed by atoms with van der Waals surface area (Å²) in [4.78, 5) is 10.0. The Bertz CT molecular complexity index is 1100. The average Bonchev–Trinajstić information content (AvgIpc) is 3.22. The van der Waals surface area contributed by atoms with E-state index >= 15 is 0 Å². The van der Waals surface area contributed by atoms with Gasteiger partial charge in [-0.1, -0.05) is 25.6 Å². The number of imidazole rings is 1. The van der Waals surface area contributed by atoms with E-state index in [4.69, 9.17) is 20.2 Å². The highest BCUT2D eigenvalue weighted by Gasteiger charge is 2.32. The maximum atomic E-state index is 6.13. The third-order valence-electron chi connectivity index (χ3n) is 5.33. The fourth-order valence-electron chi connectivity index (χ4n) is 3.71. The molecule has 3 N–H and O–H groups in total. The van der Waals surface area contributed by atoms with Crippen LogP contribution in [0.5, 0.6) is 11.5 Å². The topological polar surface area (TPSA) is 87.2 Å². The average molecular weight is 508 g/mol. The number of nitrogen functional groups attached to an aromatic ring is 1. The number of halogens is 1. The van der Waals surface area contributed by atoms with Gasteiger partial charge < -0.3 is 25.1 Å². The van der Waals surface area contributed by atoms with Gasteiger partial charge in [0, 0.05) is 50.0 Å². The lowest BCUT2D eigenvalue weighted by Crippen LogP contribution is -2.30. The van der Waals surface area contributed by atoms with Crippen molar-refractivity contribution in [1.29, 1.82) is 0 Å². The summed E-state index contributed by atoms with van der Waals surface area (Å²) in [5.74, 6) is 1.24. The first-order valence-corrected chi connectivity index (χ1v) is 12.2. The van der Waals surface area contributed by atoms with Crippen molar-refractivity contribution in [3.05, 3.63) is 28.9 Å². The van der Waals surface area contributed by atoms with E-state index < -0.39 is 5.79 Å². The zero-order valence-electron chi connectivity index (χ0n) is 18.2. The van der Waals surface area contributed by atoms with Crippen molar-refractivity contribution in [1.82, 2.24) is 19.9 Å². The highest BCUT2D eigenvalue weighted by Crippen LogP contribution is 2.46. The van der Waals surface area contributed by atoms with Crippen LogP contribution in [0.4, 0.5) is 5.82 Å².